The highest BCUT2D eigenvalue weighted by Crippen LogP contribution is 2.53. The minimum Gasteiger partial charge on any atom is -0.493 e. The Bertz CT molecular complexity index is 2460. The molecule has 3 aliphatic heterocycles. The first-order valence-electron chi connectivity index (χ1n) is 21.1. The fraction of sp³-hybridized carbons (Fsp3) is 0.388. The number of allylic oxidation sites excluding steroid dienone is 4. The quantitative estimate of drug-likeness (QED) is 0.182. The third kappa shape index (κ3) is 6.81. The van der Waals surface area contributed by atoms with Crippen LogP contribution in [0.5, 0.6) is 23.0 Å². The maximum absolute atomic E-state index is 14.0. The van der Waals surface area contributed by atoms with Crippen LogP contribution in [0.1, 0.15) is 95.7 Å². The molecule has 10 rings (SSSR count). The van der Waals surface area contributed by atoms with Crippen LogP contribution in [-0.4, -0.2) is 69.1 Å². The highest BCUT2D eigenvalue weighted by Gasteiger charge is 2.41. The summed E-state index contributed by atoms with van der Waals surface area (Å²) in [6.07, 6.45) is 7.66. The number of rotatable bonds is 8. The lowest BCUT2D eigenvalue weighted by molar-refractivity contribution is -0.117. The molecule has 0 radical (unpaired) electrons. The van der Waals surface area contributed by atoms with Crippen molar-refractivity contribution in [3.05, 3.63) is 128 Å². The Morgan fingerprint density at radius 2 is 1.27 bits per heavy atom. The number of halogens is 1. The molecule has 312 valence electrons. The number of benzene rings is 4. The van der Waals surface area contributed by atoms with Crippen molar-refractivity contribution in [1.29, 1.82) is 0 Å². The predicted molar refractivity (Wildman–Crippen MR) is 226 cm³/mol. The molecule has 3 aliphatic carbocycles. The van der Waals surface area contributed by atoms with E-state index in [1.54, 1.807) is 20.3 Å². The molecule has 0 spiro atoms. The number of nitrogens with zero attached hydrogens (tertiary/aromatic N) is 2. The summed E-state index contributed by atoms with van der Waals surface area (Å²) < 4.78 is 36.4. The molecule has 10 nitrogen and oxygen atoms in total. The number of hydrogen-bond donors (Lipinski definition) is 2. The Hall–Kier alpha value is -5.65. The Morgan fingerprint density at radius 1 is 0.683 bits per heavy atom. The average Bonchev–Trinajstić information content (AvgIpc) is 3.92. The number of anilines is 2. The zero-order chi connectivity index (χ0) is 41.7. The molecule has 0 amide bonds. The lowest BCUT2D eigenvalue weighted by Crippen LogP contribution is -2.37. The molecule has 0 saturated heterocycles. The molecule has 2 unspecified atom stereocenters. The fourth-order valence-corrected chi connectivity index (χ4v) is 10.5. The van der Waals surface area contributed by atoms with Gasteiger partial charge in [0.1, 0.15) is 5.82 Å². The van der Waals surface area contributed by atoms with Gasteiger partial charge >= 0.3 is 0 Å². The molecule has 0 bridgehead atoms. The predicted octanol–water partition coefficient (Wildman–Crippen LogP) is 7.96. The van der Waals surface area contributed by atoms with E-state index in [1.165, 1.54) is 35.2 Å². The zero-order valence-corrected chi connectivity index (χ0v) is 34.4. The number of aliphatic hydroxyl groups excluding tert-OH is 2. The lowest BCUT2D eigenvalue weighted by Gasteiger charge is -2.41. The number of aryl methyl sites for hydroxylation is 3. The maximum atomic E-state index is 14.0. The van der Waals surface area contributed by atoms with Gasteiger partial charge in [-0.1, -0.05) is 24.3 Å². The molecule has 0 fully saturated rings. The number of fused-ring (bicyclic) bond motifs is 4. The van der Waals surface area contributed by atoms with Crippen molar-refractivity contribution in [2.45, 2.75) is 76.5 Å². The van der Waals surface area contributed by atoms with Gasteiger partial charge in [0.15, 0.2) is 34.6 Å². The minimum absolute atomic E-state index is 0.0382. The molecule has 3 heterocycles. The van der Waals surface area contributed by atoms with Crippen LogP contribution in [0.25, 0.3) is 0 Å². The van der Waals surface area contributed by atoms with Crippen molar-refractivity contribution in [2.24, 2.45) is 0 Å². The van der Waals surface area contributed by atoms with Gasteiger partial charge in [0.25, 0.3) is 0 Å². The molecule has 2 N–H and O–H groups in total. The summed E-state index contributed by atoms with van der Waals surface area (Å²) in [6, 6.07) is 19.0. The van der Waals surface area contributed by atoms with E-state index < -0.39 is 0 Å². The van der Waals surface area contributed by atoms with E-state index in [4.69, 9.17) is 18.9 Å². The second-order valence-electron chi connectivity index (χ2n) is 16.3. The second-order valence-corrected chi connectivity index (χ2v) is 16.3. The van der Waals surface area contributed by atoms with Crippen molar-refractivity contribution in [2.75, 3.05) is 57.1 Å². The highest BCUT2D eigenvalue weighted by atomic mass is 19.1. The number of methoxy groups -OCH3 is 2. The van der Waals surface area contributed by atoms with Crippen LogP contribution in [0.2, 0.25) is 0 Å². The number of carbonyl (C=O) groups is 2. The number of Topliss-reactive ketones (excluding diaryl/α,β-unsaturated/α-hetero) is 2. The van der Waals surface area contributed by atoms with Gasteiger partial charge in [0.05, 0.1) is 27.4 Å². The molecular formula is C49H51FN2O8. The van der Waals surface area contributed by atoms with E-state index in [2.05, 4.69) is 23.1 Å². The maximum Gasteiger partial charge on any atom is 0.231 e. The number of carbonyl (C=O) groups excluding carboxylic acids is 2. The molecule has 11 heteroatoms. The number of aliphatic hydroxyl groups is 2. The van der Waals surface area contributed by atoms with Crippen LogP contribution >= 0.6 is 0 Å². The summed E-state index contributed by atoms with van der Waals surface area (Å²) in [5, 5.41) is 19.5. The number of ketones is 2. The smallest absolute Gasteiger partial charge is 0.231 e. The molecule has 6 aliphatic rings. The van der Waals surface area contributed by atoms with Crippen LogP contribution in [0, 0.1) is 12.7 Å². The Morgan fingerprint density at radius 3 is 1.88 bits per heavy atom. The summed E-state index contributed by atoms with van der Waals surface area (Å²) in [6.45, 7) is 3.08. The monoisotopic (exact) mass is 814 g/mol. The lowest BCUT2D eigenvalue weighted by atomic mass is 9.74. The number of hydrogen-bond acceptors (Lipinski definition) is 10. The summed E-state index contributed by atoms with van der Waals surface area (Å²) in [5.74, 6) is 2.16. The van der Waals surface area contributed by atoms with Crippen molar-refractivity contribution in [3.63, 3.8) is 0 Å². The molecule has 0 aromatic heterocycles. The number of β-amino-alcohol motifs (C(OH)–C–C–N with tert-alkyl or cyclic N) is 2. The summed E-state index contributed by atoms with van der Waals surface area (Å²) in [4.78, 5) is 30.6. The zero-order valence-electron chi connectivity index (χ0n) is 34.4. The van der Waals surface area contributed by atoms with Crippen LogP contribution in [-0.2, 0) is 22.4 Å². The normalized spacial score (nSPS) is 19.9. The van der Waals surface area contributed by atoms with E-state index in [1.807, 2.05) is 36.1 Å². The molecular weight excluding hydrogens is 764 g/mol. The van der Waals surface area contributed by atoms with E-state index in [9.17, 15) is 24.2 Å². The van der Waals surface area contributed by atoms with Gasteiger partial charge < -0.3 is 39.0 Å². The van der Waals surface area contributed by atoms with Crippen LogP contribution < -0.4 is 28.7 Å². The largest absolute Gasteiger partial charge is 0.493 e. The van der Waals surface area contributed by atoms with Crippen molar-refractivity contribution in [3.8, 4) is 23.0 Å². The Balaban J connectivity index is 0.000000155. The van der Waals surface area contributed by atoms with Gasteiger partial charge in [0.2, 0.25) is 6.79 Å². The molecule has 60 heavy (non-hydrogen) atoms. The van der Waals surface area contributed by atoms with Gasteiger partial charge in [0, 0.05) is 77.7 Å². The van der Waals surface area contributed by atoms with Gasteiger partial charge in [-0.05, 0) is 121 Å². The van der Waals surface area contributed by atoms with Crippen LogP contribution in [0.3, 0.4) is 0 Å². The Labute approximate surface area is 349 Å². The van der Waals surface area contributed by atoms with E-state index in [0.29, 0.717) is 48.8 Å². The Kier molecular flexibility index (Phi) is 10.9. The van der Waals surface area contributed by atoms with Gasteiger partial charge in [-0.15, -0.1) is 0 Å². The number of ether oxygens (including phenoxy) is 4. The fourth-order valence-electron chi connectivity index (χ4n) is 10.5. The first kappa shape index (κ1) is 39.8. The van der Waals surface area contributed by atoms with Gasteiger partial charge in [-0.3, -0.25) is 9.59 Å². The first-order valence-corrected chi connectivity index (χ1v) is 21.1. The van der Waals surface area contributed by atoms with E-state index >= 15 is 0 Å². The van der Waals surface area contributed by atoms with E-state index in [-0.39, 0.29) is 49.2 Å². The standard InChI is InChI=1S/C27H31NO4.C22H20FNO4/c1-16-12-19(15-24(31-2)27(16)32-3)25-20-13-17-6-4-7-18(17)14-22(20)28(10-11-29)21-8-5-9-23(30)26(21)25;23-14-4-1-3-13(9-14)21-15-10-19-20(28-12-27-19)11-17(15)24(7-8-25)16-5-2-6-18(26)22(16)21/h12-15,25,29H,4-11H2,1-3H3;1,3-4,9-11,21,25H,2,5-8,12H2. The van der Waals surface area contributed by atoms with Gasteiger partial charge in [-0.25, -0.2) is 4.39 Å². The third-order valence-corrected chi connectivity index (χ3v) is 12.9. The highest BCUT2D eigenvalue weighted by molar-refractivity contribution is 6.02. The van der Waals surface area contributed by atoms with Gasteiger partial charge in [-0.2, -0.15) is 0 Å². The van der Waals surface area contributed by atoms with Crippen molar-refractivity contribution in [1.82, 2.24) is 0 Å². The molecule has 4 aromatic rings. The summed E-state index contributed by atoms with van der Waals surface area (Å²) in [7, 11) is 3.31. The minimum atomic E-state index is -0.363. The van der Waals surface area contributed by atoms with Crippen molar-refractivity contribution < 1.29 is 43.1 Å². The van der Waals surface area contributed by atoms with Crippen LogP contribution in [0.4, 0.5) is 15.8 Å². The van der Waals surface area contributed by atoms with E-state index in [0.717, 1.165) is 94.9 Å². The second kappa shape index (κ2) is 16.4. The third-order valence-electron chi connectivity index (χ3n) is 12.9. The van der Waals surface area contributed by atoms with Crippen molar-refractivity contribution >= 4 is 22.9 Å². The topological polar surface area (TPSA) is 118 Å². The molecule has 4 aromatic carbocycles. The summed E-state index contributed by atoms with van der Waals surface area (Å²) >= 11 is 0. The SMILES string of the molecule is COc1cc(C2C3=C(CCCC3=O)N(CCO)c3cc4c(cc32)CCC4)cc(C)c1OC.O=C1CCCC2=C1C(c1cccc(F)c1)c1cc3c(cc1N2CCO)OCO3. The average molecular weight is 815 g/mol. The molecule has 0 saturated carbocycles. The van der Waals surface area contributed by atoms with Crippen LogP contribution in [0.15, 0.2) is 83.2 Å². The first-order chi connectivity index (χ1) is 29.2. The molecule has 2 atom stereocenters. The summed E-state index contributed by atoms with van der Waals surface area (Å²) in [5.41, 5.74) is 13.2.